The van der Waals surface area contributed by atoms with Crippen molar-refractivity contribution < 1.29 is 4.74 Å². The maximum absolute atomic E-state index is 7.01. The minimum absolute atomic E-state index is 0.166. The summed E-state index contributed by atoms with van der Waals surface area (Å²) in [6, 6.07) is 0.617. The minimum atomic E-state index is 0.166. The van der Waals surface area contributed by atoms with E-state index in [2.05, 4.69) is 26.1 Å². The lowest BCUT2D eigenvalue weighted by molar-refractivity contribution is -0.135. The van der Waals surface area contributed by atoms with Gasteiger partial charge in [0.05, 0.1) is 11.7 Å². The number of ether oxygens (including phenoxy) is 1. The zero-order valence-corrected chi connectivity index (χ0v) is 28.8. The molecule has 2 heterocycles. The van der Waals surface area contributed by atoms with E-state index in [1.807, 2.05) is 69.2 Å². The van der Waals surface area contributed by atoms with Gasteiger partial charge in [-0.15, -0.1) is 0 Å². The Morgan fingerprint density at radius 3 is 1.92 bits per heavy atom. The first-order valence-electron chi connectivity index (χ1n) is 18.0. The van der Waals surface area contributed by atoms with Gasteiger partial charge in [0.25, 0.3) is 0 Å². The molecular weight excluding hydrogens is 462 g/mol. The number of piperidine rings is 1. The fourth-order valence-electron chi connectivity index (χ4n) is 8.88. The minimum Gasteiger partial charge on any atom is -0.370 e. The number of fused-ring (bicyclic) bond motifs is 2. The molecule has 2 saturated heterocycles. The molecule has 5 fully saturated rings. The van der Waals surface area contributed by atoms with E-state index in [0.29, 0.717) is 18.1 Å². The van der Waals surface area contributed by atoms with Crippen molar-refractivity contribution >= 4 is 0 Å². The summed E-state index contributed by atoms with van der Waals surface area (Å²) >= 11 is 0. The van der Waals surface area contributed by atoms with Gasteiger partial charge in [-0.2, -0.15) is 0 Å². The lowest BCUT2D eigenvalue weighted by atomic mass is 9.56. The van der Waals surface area contributed by atoms with Crippen molar-refractivity contribution in [2.24, 2.45) is 41.4 Å². The Bertz CT molecular complexity index is 549. The summed E-state index contributed by atoms with van der Waals surface area (Å²) in [5.74, 6) is 6.38. The Morgan fingerprint density at radius 1 is 0.658 bits per heavy atom. The lowest BCUT2D eigenvalue weighted by Crippen LogP contribution is -2.51. The third kappa shape index (κ3) is 8.71. The summed E-state index contributed by atoms with van der Waals surface area (Å²) in [5.41, 5.74) is 0.166. The zero-order chi connectivity index (χ0) is 29.3. The van der Waals surface area contributed by atoms with Crippen LogP contribution in [-0.2, 0) is 4.74 Å². The molecule has 0 radical (unpaired) electrons. The summed E-state index contributed by atoms with van der Waals surface area (Å²) in [7, 11) is 0. The van der Waals surface area contributed by atoms with Crippen LogP contribution in [0.15, 0.2) is 0 Å². The van der Waals surface area contributed by atoms with Crippen molar-refractivity contribution in [1.82, 2.24) is 5.32 Å². The van der Waals surface area contributed by atoms with Crippen molar-refractivity contribution in [3.05, 3.63) is 0 Å². The van der Waals surface area contributed by atoms with Crippen LogP contribution in [0.3, 0.4) is 0 Å². The highest BCUT2D eigenvalue weighted by molar-refractivity contribution is 5.09. The van der Waals surface area contributed by atoms with Crippen LogP contribution in [0.5, 0.6) is 0 Å². The highest BCUT2D eigenvalue weighted by atomic mass is 16.5. The Kier molecular flexibility index (Phi) is 20.7. The van der Waals surface area contributed by atoms with Gasteiger partial charge in [0.15, 0.2) is 0 Å². The molecule has 0 aromatic carbocycles. The number of hydrogen-bond acceptors (Lipinski definition) is 2. The molecule has 0 bridgehead atoms. The fourth-order valence-corrected chi connectivity index (χ4v) is 8.88. The second-order valence-electron chi connectivity index (χ2n) is 11.6. The van der Waals surface area contributed by atoms with Crippen LogP contribution >= 0.6 is 0 Å². The normalized spacial score (nSPS) is 40.8. The first kappa shape index (κ1) is 37.9. The Morgan fingerprint density at radius 2 is 1.29 bits per heavy atom. The molecule has 38 heavy (non-hydrogen) atoms. The summed E-state index contributed by atoms with van der Waals surface area (Å²) in [6.45, 7) is 28.9. The highest BCUT2D eigenvalue weighted by Gasteiger charge is 2.58. The molecule has 0 aromatic rings. The van der Waals surface area contributed by atoms with E-state index in [-0.39, 0.29) is 5.60 Å². The molecule has 2 nitrogen and oxygen atoms in total. The van der Waals surface area contributed by atoms with Gasteiger partial charge in [-0.1, -0.05) is 122 Å². The quantitative estimate of drug-likeness (QED) is 0.378. The molecule has 0 aromatic heterocycles. The summed E-state index contributed by atoms with van der Waals surface area (Å²) in [4.78, 5) is 0. The van der Waals surface area contributed by atoms with Crippen LogP contribution in [-0.4, -0.2) is 24.3 Å². The molecule has 5 aliphatic rings. The van der Waals surface area contributed by atoms with Crippen LogP contribution in [0.25, 0.3) is 0 Å². The smallest absolute Gasteiger partial charge is 0.0756 e. The van der Waals surface area contributed by atoms with E-state index in [1.54, 1.807) is 0 Å². The molecule has 1 N–H and O–H groups in total. The average molecular weight is 538 g/mol. The summed E-state index contributed by atoms with van der Waals surface area (Å²) < 4.78 is 7.01. The lowest BCUT2D eigenvalue weighted by Gasteiger charge is -2.51. The maximum Gasteiger partial charge on any atom is 0.0756 e. The van der Waals surface area contributed by atoms with E-state index < -0.39 is 0 Å². The van der Waals surface area contributed by atoms with Gasteiger partial charge in [-0.25, -0.2) is 0 Å². The van der Waals surface area contributed by atoms with Crippen molar-refractivity contribution in [2.75, 3.05) is 6.54 Å². The predicted molar refractivity (Wildman–Crippen MR) is 173 cm³/mol. The molecular formula is C36H75NO. The zero-order valence-electron chi connectivity index (χ0n) is 28.8. The highest BCUT2D eigenvalue weighted by Crippen LogP contribution is 2.56. The first-order chi connectivity index (χ1) is 18.6. The Labute approximate surface area is 242 Å². The topological polar surface area (TPSA) is 21.3 Å². The largest absolute Gasteiger partial charge is 0.370 e. The molecule has 1 spiro atoms. The molecule has 10 atom stereocenters. The summed E-state index contributed by atoms with van der Waals surface area (Å²) in [5, 5.41) is 3.84. The monoisotopic (exact) mass is 538 g/mol. The summed E-state index contributed by atoms with van der Waals surface area (Å²) in [6.07, 6.45) is 17.8. The predicted octanol–water partition coefficient (Wildman–Crippen LogP) is 11.3. The maximum atomic E-state index is 7.01. The molecule has 3 aliphatic carbocycles. The number of rotatable bonds is 2. The molecule has 2 heteroatoms. The SMILES string of the molecule is CC.CC.CC.CC.CC.CC1CCC2CCCCC2C1CC1CCC[C@]2(O[C@@H]3CCCN[C@H]3[C@H]2C)[C@@H]1C. The Hall–Kier alpha value is -0.0800. The second kappa shape index (κ2) is 20.7. The van der Waals surface area contributed by atoms with Gasteiger partial charge >= 0.3 is 0 Å². The molecule has 3 saturated carbocycles. The van der Waals surface area contributed by atoms with Gasteiger partial charge in [0, 0.05) is 12.0 Å². The van der Waals surface area contributed by atoms with E-state index >= 15 is 0 Å². The van der Waals surface area contributed by atoms with Crippen LogP contribution in [0.2, 0.25) is 0 Å². The third-order valence-corrected chi connectivity index (χ3v) is 10.6. The third-order valence-electron chi connectivity index (χ3n) is 10.6. The second-order valence-corrected chi connectivity index (χ2v) is 11.6. The Balaban J connectivity index is 0.00000124. The average Bonchev–Trinajstić information content (AvgIpc) is 3.29. The molecule has 0 amide bonds. The molecule has 5 unspecified atom stereocenters. The van der Waals surface area contributed by atoms with Crippen molar-refractivity contribution in [3.63, 3.8) is 0 Å². The van der Waals surface area contributed by atoms with Gasteiger partial charge in [0.1, 0.15) is 0 Å². The standard InChI is InChI=1S/C26H45NO.5C2H6/c1-17-12-13-20-8-4-5-10-22(20)23(17)16-21-9-6-14-26(18(21)2)19(3)25-24(28-26)11-7-15-27-25;5*1-2/h17-25,27H,4-16H2,1-3H3;5*1-2H3/t17?,18-,19-,20?,21?,22?,23?,24-,25+,26+;;;;;/m1...../s1. The number of hydrogen-bond donors (Lipinski definition) is 1. The van der Waals surface area contributed by atoms with Crippen molar-refractivity contribution in [3.8, 4) is 0 Å². The molecule has 5 rings (SSSR count). The van der Waals surface area contributed by atoms with Crippen molar-refractivity contribution in [1.29, 1.82) is 0 Å². The number of nitrogens with one attached hydrogen (secondary N) is 1. The van der Waals surface area contributed by atoms with Crippen molar-refractivity contribution in [2.45, 2.75) is 185 Å². The van der Waals surface area contributed by atoms with Crippen LogP contribution in [0.1, 0.15) is 167 Å². The van der Waals surface area contributed by atoms with E-state index in [1.165, 1.54) is 83.6 Å². The van der Waals surface area contributed by atoms with Gasteiger partial charge in [0.2, 0.25) is 0 Å². The molecule has 2 aliphatic heterocycles. The van der Waals surface area contributed by atoms with Gasteiger partial charge in [-0.3, -0.25) is 0 Å². The first-order valence-corrected chi connectivity index (χ1v) is 18.0. The van der Waals surface area contributed by atoms with Crippen LogP contribution < -0.4 is 5.32 Å². The fraction of sp³-hybridized carbons (Fsp3) is 1.00. The van der Waals surface area contributed by atoms with Crippen LogP contribution in [0, 0.1) is 41.4 Å². The van der Waals surface area contributed by atoms with Gasteiger partial charge < -0.3 is 10.1 Å². The van der Waals surface area contributed by atoms with Crippen LogP contribution in [0.4, 0.5) is 0 Å². The molecule has 230 valence electrons. The van der Waals surface area contributed by atoms with E-state index in [9.17, 15) is 0 Å². The van der Waals surface area contributed by atoms with E-state index in [0.717, 1.165) is 35.5 Å². The van der Waals surface area contributed by atoms with E-state index in [4.69, 9.17) is 4.74 Å². The van der Waals surface area contributed by atoms with Gasteiger partial charge in [-0.05, 0) is 87.0 Å².